The summed E-state index contributed by atoms with van der Waals surface area (Å²) in [5.74, 6) is -0.276. The molecule has 0 spiro atoms. The van der Waals surface area contributed by atoms with Gasteiger partial charge >= 0.3 is 13.6 Å². The minimum absolute atomic E-state index is 0.0337. The summed E-state index contributed by atoms with van der Waals surface area (Å²) in [5.41, 5.74) is 3.95. The lowest BCUT2D eigenvalue weighted by atomic mass is 10.1. The number of aromatic nitrogens is 8. The Kier molecular flexibility index (Phi) is 7.70. The van der Waals surface area contributed by atoms with E-state index in [2.05, 4.69) is 54.4 Å². The molecule has 3 saturated heterocycles. The van der Waals surface area contributed by atoms with Crippen LogP contribution in [0.4, 0.5) is 14.7 Å². The Balaban J connectivity index is 1.21. The van der Waals surface area contributed by atoms with Crippen LogP contribution in [0.15, 0.2) is 28.6 Å². The fraction of sp³-hybridized carbons (Fsp3) is 0.500. The number of anilines is 1. The van der Waals surface area contributed by atoms with E-state index in [1.165, 1.54) is 0 Å². The number of rotatable bonds is 2. The highest BCUT2D eigenvalue weighted by atomic mass is 32.7. The maximum atomic E-state index is 15.9. The first-order chi connectivity index (χ1) is 21.3. The average Bonchev–Trinajstić information content (AvgIpc) is 3.72. The molecule has 3 fully saturated rings. The molecule has 4 N–H and O–H groups in total. The fourth-order valence-electron chi connectivity index (χ4n) is 5.23. The Morgan fingerprint density at radius 3 is 2.16 bits per heavy atom. The van der Waals surface area contributed by atoms with Crippen LogP contribution in [0.2, 0.25) is 0 Å². The van der Waals surface area contributed by atoms with E-state index in [9.17, 15) is 18.7 Å². The van der Waals surface area contributed by atoms with Gasteiger partial charge < -0.3 is 20.2 Å². The average molecular weight is 712 g/mol. The zero-order valence-corrected chi connectivity index (χ0v) is 25.7. The first-order valence-electron chi connectivity index (χ1n) is 12.8. The monoisotopic (exact) mass is 711 g/mol. The number of nitrogens with two attached hydrogens (primary N) is 1. The highest BCUT2D eigenvalue weighted by Crippen LogP contribution is 2.60. The zero-order valence-electron chi connectivity index (χ0n) is 22.2. The van der Waals surface area contributed by atoms with E-state index in [1.807, 2.05) is 0 Å². The number of nitrogens with zero attached hydrogens (tertiary/aromatic N) is 6. The van der Waals surface area contributed by atoms with E-state index in [1.54, 1.807) is 0 Å². The Labute approximate surface area is 258 Å². The van der Waals surface area contributed by atoms with Gasteiger partial charge in [0.2, 0.25) is 5.95 Å². The van der Waals surface area contributed by atoms with E-state index >= 15 is 8.78 Å². The summed E-state index contributed by atoms with van der Waals surface area (Å²) in [6.45, 7) is -10.5. The van der Waals surface area contributed by atoms with E-state index in [4.69, 9.17) is 33.3 Å². The summed E-state index contributed by atoms with van der Waals surface area (Å²) in [4.78, 5) is 44.9. The lowest BCUT2D eigenvalue weighted by molar-refractivity contribution is -0.0563. The van der Waals surface area contributed by atoms with Crippen LogP contribution in [0.25, 0.3) is 22.3 Å². The molecule has 0 unspecified atom stereocenters. The van der Waals surface area contributed by atoms with Gasteiger partial charge in [-0.3, -0.25) is 41.8 Å². The number of thiol groups is 2. The molecule has 7 heterocycles. The van der Waals surface area contributed by atoms with E-state index in [0.29, 0.717) is 0 Å². The fourth-order valence-corrected chi connectivity index (χ4v) is 8.16. The molecule has 4 aromatic heterocycles. The predicted molar refractivity (Wildman–Crippen MR) is 153 cm³/mol. The summed E-state index contributed by atoms with van der Waals surface area (Å²) in [6.07, 6.45) is -10.4. The van der Waals surface area contributed by atoms with Crippen LogP contribution in [0.3, 0.4) is 0 Å². The van der Waals surface area contributed by atoms with Crippen LogP contribution < -0.4 is 16.9 Å². The van der Waals surface area contributed by atoms with Gasteiger partial charge in [0.25, 0.3) is 11.1 Å². The number of nitrogens with one attached hydrogen (secondary N) is 2. The van der Waals surface area contributed by atoms with Crippen molar-refractivity contribution < 1.29 is 45.5 Å². The molecule has 3 aliphatic heterocycles. The van der Waals surface area contributed by atoms with Crippen molar-refractivity contribution >= 4 is 66.4 Å². The van der Waals surface area contributed by atoms with Crippen LogP contribution >= 0.6 is 38.1 Å². The molecule has 0 saturated carbocycles. The highest BCUT2D eigenvalue weighted by Gasteiger charge is 2.54. The minimum Gasteiger partial charge on any atom is -0.369 e. The van der Waals surface area contributed by atoms with Gasteiger partial charge in [-0.2, -0.15) is 4.98 Å². The zero-order chi connectivity index (χ0) is 31.8. The molecule has 19 nitrogen and oxygen atoms in total. The second-order valence-electron chi connectivity index (χ2n) is 10.0. The number of nitrogen functional groups attached to an aromatic ring is 1. The Morgan fingerprint density at radius 1 is 0.844 bits per heavy atom. The standard InChI is InChI=1S/C20H21F2N9O10P2S2/c21-8-6-1-36-42(34,44)40-12-7(39-18(9(12)22)30-4-26-10-14(30)24-3-25-16(10)32)2-37-43(35,45)41-13(8)19(38-6)31-5-27-11-15(31)28-20(23)29-17(11)33/h3-9,12-13,18-19H,1-2H2,(H,34,44)(H,35,45)(H,24,25,32)(H3,23,28,29,33)/t6-,7-,8-,9+,12-,13-,18-,19-,42-,43+/m1/s1. The third kappa shape index (κ3) is 5.53. The van der Waals surface area contributed by atoms with Gasteiger partial charge in [0, 0.05) is 0 Å². The molecule has 3 aliphatic rings. The van der Waals surface area contributed by atoms with Crippen LogP contribution in [0.1, 0.15) is 12.5 Å². The lowest BCUT2D eigenvalue weighted by Gasteiger charge is -2.26. The highest BCUT2D eigenvalue weighted by molar-refractivity contribution is 8.44. The molecule has 2 bridgehead atoms. The molecule has 25 heteroatoms. The van der Waals surface area contributed by atoms with Crippen molar-refractivity contribution in [2.45, 2.75) is 49.2 Å². The first kappa shape index (κ1) is 30.9. The van der Waals surface area contributed by atoms with E-state index < -0.39 is 87.1 Å². The summed E-state index contributed by atoms with van der Waals surface area (Å²) < 4.78 is 93.8. The number of halogens is 2. The van der Waals surface area contributed by atoms with E-state index in [0.717, 1.165) is 28.1 Å². The normalized spacial score (nSPS) is 37.7. The summed E-state index contributed by atoms with van der Waals surface area (Å²) in [5, 5.41) is 0. The van der Waals surface area contributed by atoms with Crippen molar-refractivity contribution in [2.75, 3.05) is 18.9 Å². The quantitative estimate of drug-likeness (QED) is 0.145. The Morgan fingerprint density at radius 2 is 1.44 bits per heavy atom. The number of H-pyrrole nitrogens is 2. The Bertz CT molecular complexity index is 2010. The molecule has 0 radical (unpaired) electrons. The minimum atomic E-state index is -4.52. The first-order valence-corrected chi connectivity index (χ1v) is 18.2. The smallest absolute Gasteiger partial charge is 0.369 e. The van der Waals surface area contributed by atoms with Gasteiger partial charge in [-0.1, -0.05) is 24.5 Å². The van der Waals surface area contributed by atoms with Gasteiger partial charge in [-0.25, -0.2) is 32.9 Å². The number of ether oxygens (including phenoxy) is 2. The molecular weight excluding hydrogens is 690 g/mol. The van der Waals surface area contributed by atoms with Gasteiger partial charge in [0.05, 0.1) is 32.2 Å². The SMILES string of the molecule is Nc1nc2c(ncn2[C@@H]2O[C@@H]3CO[P@@](=O)(S)O[C@H]4[C@H](F)[C@H](n5cnc6c(=O)[nH]cnc65)O[C@@H]4CO[P@](=O)(S)O[C@@H]2[C@@H]3F)c(=O)[nH]1. The molecule has 45 heavy (non-hydrogen) atoms. The van der Waals surface area contributed by atoms with Crippen LogP contribution in [-0.2, 0) is 36.7 Å². The molecule has 7 rings (SSSR count). The maximum Gasteiger partial charge on any atom is 0.386 e. The van der Waals surface area contributed by atoms with Crippen LogP contribution in [0, 0.1) is 0 Å². The van der Waals surface area contributed by atoms with Crippen molar-refractivity contribution in [1.82, 2.24) is 39.0 Å². The third-order valence-electron chi connectivity index (χ3n) is 7.21. The number of fused-ring (bicyclic) bond motifs is 5. The molecular formula is C20H21F2N9O10P2S2. The largest absolute Gasteiger partial charge is 0.386 e. The van der Waals surface area contributed by atoms with Gasteiger partial charge in [0.1, 0.15) is 24.4 Å². The van der Waals surface area contributed by atoms with Crippen molar-refractivity contribution in [3.8, 4) is 0 Å². The van der Waals surface area contributed by atoms with Crippen molar-refractivity contribution in [2.24, 2.45) is 0 Å². The van der Waals surface area contributed by atoms with Gasteiger partial charge in [-0.15, -0.1) is 0 Å². The summed E-state index contributed by atoms with van der Waals surface area (Å²) in [7, 11) is 0. The lowest BCUT2D eigenvalue weighted by Crippen LogP contribution is -2.33. The number of aromatic amines is 2. The number of imidazole rings is 2. The van der Waals surface area contributed by atoms with Crippen molar-refractivity contribution in [3.63, 3.8) is 0 Å². The predicted octanol–water partition coefficient (Wildman–Crippen LogP) is 1.20. The molecule has 0 aliphatic carbocycles. The van der Waals surface area contributed by atoms with Crippen LogP contribution in [0.5, 0.6) is 0 Å². The summed E-state index contributed by atoms with van der Waals surface area (Å²) >= 11 is 7.90. The second kappa shape index (κ2) is 11.2. The second-order valence-corrected chi connectivity index (χ2v) is 15.8. The van der Waals surface area contributed by atoms with Gasteiger partial charge in [-0.05, 0) is 0 Å². The number of hydrogen-bond donors (Lipinski definition) is 5. The third-order valence-corrected chi connectivity index (χ3v) is 10.4. The molecule has 0 aromatic carbocycles. The van der Waals surface area contributed by atoms with Crippen molar-refractivity contribution in [1.29, 1.82) is 0 Å². The van der Waals surface area contributed by atoms with E-state index in [-0.39, 0.29) is 28.3 Å². The Hall–Kier alpha value is -2.72. The topological polar surface area (TPSA) is 243 Å². The maximum absolute atomic E-state index is 15.9. The van der Waals surface area contributed by atoms with Crippen LogP contribution in [-0.4, -0.2) is 89.0 Å². The molecule has 10 atom stereocenters. The van der Waals surface area contributed by atoms with Gasteiger partial charge in [0.15, 0.2) is 47.1 Å². The summed E-state index contributed by atoms with van der Waals surface area (Å²) in [6, 6.07) is 0. The molecule has 4 aromatic rings. The number of alkyl halides is 2. The number of hydrogen-bond acceptors (Lipinski definition) is 15. The molecule has 242 valence electrons. The van der Waals surface area contributed by atoms with Crippen molar-refractivity contribution in [3.05, 3.63) is 39.7 Å². The molecule has 0 amide bonds.